The maximum absolute atomic E-state index is 12.3. The van der Waals surface area contributed by atoms with Gasteiger partial charge in [0, 0.05) is 24.2 Å². The number of carbonyl (C=O) groups is 1. The van der Waals surface area contributed by atoms with Crippen LogP contribution >= 0.6 is 11.3 Å². The summed E-state index contributed by atoms with van der Waals surface area (Å²) in [7, 11) is 0. The van der Waals surface area contributed by atoms with E-state index in [0.29, 0.717) is 11.6 Å². The molecule has 1 aliphatic heterocycles. The second kappa shape index (κ2) is 4.53. The Kier molecular flexibility index (Phi) is 2.88. The van der Waals surface area contributed by atoms with E-state index >= 15 is 0 Å². The molecule has 1 amide bonds. The normalized spacial score (nSPS) is 14.4. The fraction of sp³-hybridized carbons (Fsp3) is 0.286. The molecule has 0 saturated carbocycles. The predicted octanol–water partition coefficient (Wildman–Crippen LogP) is 2.65. The summed E-state index contributed by atoms with van der Waals surface area (Å²) >= 11 is 1.43. The molecule has 0 spiro atoms. The van der Waals surface area contributed by atoms with E-state index in [0.717, 1.165) is 18.7 Å². The molecule has 3 rings (SSSR count). The molecule has 1 aromatic carbocycles. The molecule has 18 heavy (non-hydrogen) atoms. The summed E-state index contributed by atoms with van der Waals surface area (Å²) < 4.78 is 0. The number of hydrogen-bond acceptors (Lipinski definition) is 3. The zero-order chi connectivity index (χ0) is 12.5. The summed E-state index contributed by atoms with van der Waals surface area (Å²) in [5.41, 5.74) is 3.53. The van der Waals surface area contributed by atoms with E-state index < -0.39 is 0 Å². The Morgan fingerprint density at radius 1 is 1.33 bits per heavy atom. The molecule has 0 fully saturated rings. The Hall–Kier alpha value is -1.68. The number of hydrogen-bond donors (Lipinski definition) is 0. The lowest BCUT2D eigenvalue weighted by atomic mass is 10.00. The number of aryl methyl sites for hydroxylation is 1. The molecule has 2 aromatic rings. The molecule has 0 aliphatic carbocycles. The number of carbonyl (C=O) groups excluding carboxylic acids is 1. The standard InChI is InChI=1S/C14H14N2OS/c1-10-9-18-13(15-10)14(17)16-7-6-11-4-2-3-5-12(11)8-16/h2-5,9H,6-8H2,1H3. The Morgan fingerprint density at radius 3 is 2.83 bits per heavy atom. The molecule has 1 aliphatic rings. The number of benzene rings is 1. The molecular weight excluding hydrogens is 244 g/mol. The van der Waals surface area contributed by atoms with Crippen LogP contribution in [0, 0.1) is 6.92 Å². The molecule has 0 N–H and O–H groups in total. The SMILES string of the molecule is Cc1csc(C(=O)N2CCc3ccccc3C2)n1. The molecule has 0 unspecified atom stereocenters. The quantitative estimate of drug-likeness (QED) is 0.788. The van der Waals surface area contributed by atoms with Gasteiger partial charge in [0.15, 0.2) is 5.01 Å². The van der Waals surface area contributed by atoms with Crippen molar-refractivity contribution in [1.29, 1.82) is 0 Å². The highest BCUT2D eigenvalue weighted by atomic mass is 32.1. The van der Waals surface area contributed by atoms with Gasteiger partial charge in [-0.2, -0.15) is 0 Å². The van der Waals surface area contributed by atoms with Gasteiger partial charge >= 0.3 is 0 Å². The van der Waals surface area contributed by atoms with Crippen LogP contribution in [0.15, 0.2) is 29.6 Å². The summed E-state index contributed by atoms with van der Waals surface area (Å²) in [6.07, 6.45) is 0.937. The molecule has 3 nitrogen and oxygen atoms in total. The van der Waals surface area contributed by atoms with Crippen LogP contribution in [0.1, 0.15) is 26.6 Å². The van der Waals surface area contributed by atoms with Gasteiger partial charge in [-0.15, -0.1) is 11.3 Å². The van der Waals surface area contributed by atoms with Crippen molar-refractivity contribution in [3.05, 3.63) is 51.5 Å². The van der Waals surface area contributed by atoms with Gasteiger partial charge in [-0.3, -0.25) is 4.79 Å². The third-order valence-corrected chi connectivity index (χ3v) is 4.17. The summed E-state index contributed by atoms with van der Waals surface area (Å²) in [5.74, 6) is 0.0580. The Balaban J connectivity index is 1.82. The molecule has 0 radical (unpaired) electrons. The van der Waals surface area contributed by atoms with E-state index in [1.807, 2.05) is 23.3 Å². The zero-order valence-electron chi connectivity index (χ0n) is 10.2. The molecule has 0 saturated heterocycles. The van der Waals surface area contributed by atoms with Gasteiger partial charge in [0.2, 0.25) is 0 Å². The number of nitrogens with zero attached hydrogens (tertiary/aromatic N) is 2. The number of fused-ring (bicyclic) bond motifs is 1. The molecular formula is C14H14N2OS. The summed E-state index contributed by atoms with van der Waals surface area (Å²) in [4.78, 5) is 18.5. The van der Waals surface area contributed by atoms with Gasteiger partial charge in [0.05, 0.1) is 0 Å². The lowest BCUT2D eigenvalue weighted by Crippen LogP contribution is -2.35. The smallest absolute Gasteiger partial charge is 0.283 e. The number of thiazole rings is 1. The van der Waals surface area contributed by atoms with E-state index in [2.05, 4.69) is 23.2 Å². The fourth-order valence-electron chi connectivity index (χ4n) is 2.26. The Bertz CT molecular complexity index is 591. The number of amides is 1. The van der Waals surface area contributed by atoms with Gasteiger partial charge in [-0.25, -0.2) is 4.98 Å². The first-order valence-corrected chi connectivity index (χ1v) is 6.90. The van der Waals surface area contributed by atoms with Crippen molar-refractivity contribution >= 4 is 17.2 Å². The highest BCUT2D eigenvalue weighted by Crippen LogP contribution is 2.21. The minimum absolute atomic E-state index is 0.0580. The first-order chi connectivity index (χ1) is 8.74. The molecule has 1 aromatic heterocycles. The lowest BCUT2D eigenvalue weighted by molar-refractivity contribution is 0.0734. The van der Waals surface area contributed by atoms with Crippen LogP contribution in [-0.4, -0.2) is 22.3 Å². The molecule has 92 valence electrons. The Labute approximate surface area is 110 Å². The minimum Gasteiger partial charge on any atom is -0.332 e. The summed E-state index contributed by atoms with van der Waals surface area (Å²) in [6.45, 7) is 3.40. The van der Waals surface area contributed by atoms with Crippen molar-refractivity contribution in [2.24, 2.45) is 0 Å². The van der Waals surface area contributed by atoms with Crippen molar-refractivity contribution in [3.8, 4) is 0 Å². The van der Waals surface area contributed by atoms with Crippen molar-refractivity contribution in [1.82, 2.24) is 9.88 Å². The van der Waals surface area contributed by atoms with Crippen LogP contribution in [-0.2, 0) is 13.0 Å². The van der Waals surface area contributed by atoms with Crippen molar-refractivity contribution in [2.75, 3.05) is 6.54 Å². The first kappa shape index (κ1) is 11.4. The second-order valence-electron chi connectivity index (χ2n) is 4.54. The fourth-order valence-corrected chi connectivity index (χ4v) is 3.02. The van der Waals surface area contributed by atoms with Crippen molar-refractivity contribution < 1.29 is 4.79 Å². The van der Waals surface area contributed by atoms with Crippen molar-refractivity contribution in [2.45, 2.75) is 19.9 Å². The maximum Gasteiger partial charge on any atom is 0.283 e. The third-order valence-electron chi connectivity index (χ3n) is 3.22. The highest BCUT2D eigenvalue weighted by molar-refractivity contribution is 7.11. The average molecular weight is 258 g/mol. The van der Waals surface area contributed by atoms with E-state index in [-0.39, 0.29) is 5.91 Å². The van der Waals surface area contributed by atoms with Crippen LogP contribution in [0.2, 0.25) is 0 Å². The van der Waals surface area contributed by atoms with E-state index in [1.54, 1.807) is 0 Å². The minimum atomic E-state index is 0.0580. The average Bonchev–Trinajstić information content (AvgIpc) is 2.84. The van der Waals surface area contributed by atoms with Crippen molar-refractivity contribution in [3.63, 3.8) is 0 Å². The first-order valence-electron chi connectivity index (χ1n) is 6.02. The van der Waals surface area contributed by atoms with Gasteiger partial charge in [-0.1, -0.05) is 24.3 Å². The topological polar surface area (TPSA) is 33.2 Å². The van der Waals surface area contributed by atoms with Crippen LogP contribution in [0.5, 0.6) is 0 Å². The van der Waals surface area contributed by atoms with Crippen LogP contribution < -0.4 is 0 Å². The molecule has 2 heterocycles. The second-order valence-corrected chi connectivity index (χ2v) is 5.40. The van der Waals surface area contributed by atoms with Gasteiger partial charge in [0.25, 0.3) is 5.91 Å². The van der Waals surface area contributed by atoms with E-state index in [9.17, 15) is 4.79 Å². The lowest BCUT2D eigenvalue weighted by Gasteiger charge is -2.28. The molecule has 0 bridgehead atoms. The van der Waals surface area contributed by atoms with Gasteiger partial charge in [0.1, 0.15) is 0 Å². The highest BCUT2D eigenvalue weighted by Gasteiger charge is 2.23. The summed E-state index contributed by atoms with van der Waals surface area (Å²) in [5, 5.41) is 2.53. The largest absolute Gasteiger partial charge is 0.332 e. The molecule has 0 atom stereocenters. The number of rotatable bonds is 1. The van der Waals surface area contributed by atoms with E-state index in [1.165, 1.54) is 22.5 Å². The van der Waals surface area contributed by atoms with Crippen LogP contribution in [0.25, 0.3) is 0 Å². The Morgan fingerprint density at radius 2 is 2.11 bits per heavy atom. The van der Waals surface area contributed by atoms with Gasteiger partial charge in [-0.05, 0) is 24.5 Å². The van der Waals surface area contributed by atoms with E-state index in [4.69, 9.17) is 0 Å². The number of aromatic nitrogens is 1. The third kappa shape index (κ3) is 2.04. The summed E-state index contributed by atoms with van der Waals surface area (Å²) in [6, 6.07) is 8.33. The van der Waals surface area contributed by atoms with Gasteiger partial charge < -0.3 is 4.90 Å². The zero-order valence-corrected chi connectivity index (χ0v) is 11.0. The monoisotopic (exact) mass is 258 g/mol. The maximum atomic E-state index is 12.3. The molecule has 4 heteroatoms. The van der Waals surface area contributed by atoms with Crippen LogP contribution in [0.4, 0.5) is 0 Å². The van der Waals surface area contributed by atoms with Crippen LogP contribution in [0.3, 0.4) is 0 Å². The predicted molar refractivity (Wildman–Crippen MR) is 71.7 cm³/mol.